The number of unbranched alkanes of at least 4 members (excludes halogenated alkanes) is 29. The van der Waals surface area contributed by atoms with E-state index in [0.29, 0.717) is 25.7 Å². The van der Waals surface area contributed by atoms with Gasteiger partial charge in [-0.25, -0.2) is 4.57 Å². The number of rotatable bonds is 60. The second kappa shape index (κ2) is 55.4. The van der Waals surface area contributed by atoms with Gasteiger partial charge in [0.2, 0.25) is 17.7 Å². The summed E-state index contributed by atoms with van der Waals surface area (Å²) in [4.78, 5) is 63.8. The second-order valence-corrected chi connectivity index (χ2v) is 29.4. The Balaban J connectivity index is 1.43. The maximum Gasteiger partial charge on any atom is 0.474 e. The third-order valence-electron chi connectivity index (χ3n) is 18.9. The van der Waals surface area contributed by atoms with E-state index in [1.807, 2.05) is 0 Å². The molecule has 3 rings (SSSR count). The van der Waals surface area contributed by atoms with Crippen LogP contribution in [0.3, 0.4) is 0 Å². The van der Waals surface area contributed by atoms with Crippen molar-refractivity contribution in [3.63, 3.8) is 0 Å². The highest BCUT2D eigenvalue weighted by Crippen LogP contribution is 2.48. The van der Waals surface area contributed by atoms with Gasteiger partial charge in [0, 0.05) is 52.8 Å². The minimum atomic E-state index is -4.24. The van der Waals surface area contributed by atoms with Crippen molar-refractivity contribution in [3.8, 4) is 0 Å². The molecule has 27 nitrogen and oxygen atoms in total. The van der Waals surface area contributed by atoms with Gasteiger partial charge in [-0.2, -0.15) is 0 Å². The fraction of sp³-hybridized carbons (Fsp3) is 0.931. The summed E-state index contributed by atoms with van der Waals surface area (Å²) in [5, 5.41) is 93.4. The largest absolute Gasteiger partial charge is 0.474 e. The zero-order chi connectivity index (χ0) is 73.3. The number of ether oxygens (including phenoxy) is 7. The molecule has 1 saturated carbocycles. The molecule has 0 aromatic heterocycles. The molecular weight excluding hydrogens is 1320 g/mol. The van der Waals surface area contributed by atoms with Gasteiger partial charge < -0.3 is 90.0 Å². The standard InChI is InChI=1S/C72H134N3O24P/c1-6-8-10-12-14-16-18-20-22-24-26-28-30-32-34-41-60(81)92-50-54(95-61(82)42-35-33-31-29-27-25-23-21-19-17-15-13-11-9-7-2)51-94-100(89,90-5)93-46-44-74-59(80)40-37-36-39-58(79)73-43-38-45-91-72-70(96-55-47-52(3)63(83)68(88)64(55)84)69(66(86)57(49-77)98-72)99-71-62(75-53(4)78)67(87)65(85)56(48-76)97-71/h52,54-57,62-72,76-77,83-88H,6-51H2,1-5H3,(H,73,79)(H,74,80)(H,75,78)/t52?,54-,55-,56?,57?,62?,63-,64?,65+,66+,67-,68+,69+,70?,71-,72-,100?/m1/s1. The Labute approximate surface area is 596 Å². The second-order valence-electron chi connectivity index (χ2n) is 27.7. The van der Waals surface area contributed by atoms with Crippen molar-refractivity contribution in [2.45, 2.75) is 364 Å². The lowest BCUT2D eigenvalue weighted by molar-refractivity contribution is -0.362. The number of nitrogens with one attached hydrogen (secondary N) is 3. The summed E-state index contributed by atoms with van der Waals surface area (Å²) < 4.78 is 71.2. The highest BCUT2D eigenvalue weighted by Gasteiger charge is 2.54. The van der Waals surface area contributed by atoms with E-state index in [1.165, 1.54) is 141 Å². The number of phosphoric acid groups is 1. The Morgan fingerprint density at radius 1 is 0.490 bits per heavy atom. The molecule has 0 spiro atoms. The minimum Gasteiger partial charge on any atom is -0.462 e. The molecule has 3 aliphatic rings. The summed E-state index contributed by atoms with van der Waals surface area (Å²) in [7, 11) is -3.10. The molecule has 2 heterocycles. The van der Waals surface area contributed by atoms with Crippen LogP contribution in [-0.4, -0.2) is 222 Å². The van der Waals surface area contributed by atoms with Gasteiger partial charge in [0.05, 0.1) is 45.2 Å². The third kappa shape index (κ3) is 38.3. The number of aliphatic hydroxyl groups is 8. The molecule has 11 N–H and O–H groups in total. The number of carbonyl (C=O) groups is 5. The quantitative estimate of drug-likeness (QED) is 0.0155. The summed E-state index contributed by atoms with van der Waals surface area (Å²) in [6, 6.07) is -1.45. The minimum absolute atomic E-state index is 0.00764. The molecular formula is C72H134N3O24P. The van der Waals surface area contributed by atoms with Crippen molar-refractivity contribution in [1.29, 1.82) is 0 Å². The lowest BCUT2D eigenvalue weighted by Gasteiger charge is -2.49. The van der Waals surface area contributed by atoms with E-state index in [1.54, 1.807) is 6.92 Å². The van der Waals surface area contributed by atoms with Crippen LogP contribution in [0.5, 0.6) is 0 Å². The highest BCUT2D eigenvalue weighted by atomic mass is 31.2. The molecule has 100 heavy (non-hydrogen) atoms. The van der Waals surface area contributed by atoms with Crippen LogP contribution < -0.4 is 16.0 Å². The Hall–Kier alpha value is -3.06. The van der Waals surface area contributed by atoms with Crippen LogP contribution in [0.15, 0.2) is 0 Å². The molecule has 0 bridgehead atoms. The Bertz CT molecular complexity index is 2200. The van der Waals surface area contributed by atoms with Gasteiger partial charge in [0.25, 0.3) is 0 Å². The third-order valence-corrected chi connectivity index (χ3v) is 20.3. The first-order chi connectivity index (χ1) is 48.2. The van der Waals surface area contributed by atoms with E-state index in [9.17, 15) is 69.4 Å². The van der Waals surface area contributed by atoms with Crippen molar-refractivity contribution < 1.29 is 116 Å². The fourth-order valence-electron chi connectivity index (χ4n) is 12.8. The molecule has 7 unspecified atom stereocenters. The normalized spacial score (nSPS) is 26.4. The molecule has 17 atom stereocenters. The number of hydrogen-bond donors (Lipinski definition) is 11. The van der Waals surface area contributed by atoms with Gasteiger partial charge in [0.1, 0.15) is 67.6 Å². The molecule has 0 aromatic rings. The Morgan fingerprint density at radius 3 is 1.44 bits per heavy atom. The van der Waals surface area contributed by atoms with Crippen LogP contribution in [0, 0.1) is 5.92 Å². The number of amides is 3. The van der Waals surface area contributed by atoms with Crippen LogP contribution in [0.1, 0.15) is 272 Å². The monoisotopic (exact) mass is 1460 g/mol. The fourth-order valence-corrected chi connectivity index (χ4v) is 13.7. The van der Waals surface area contributed by atoms with Crippen LogP contribution in [0.2, 0.25) is 0 Å². The summed E-state index contributed by atoms with van der Waals surface area (Å²) in [6.45, 7) is 4.60. The smallest absolute Gasteiger partial charge is 0.462 e. The molecule has 3 fully saturated rings. The van der Waals surface area contributed by atoms with E-state index in [4.69, 9.17) is 46.7 Å². The van der Waals surface area contributed by atoms with Crippen molar-refractivity contribution in [1.82, 2.24) is 16.0 Å². The first-order valence-corrected chi connectivity index (χ1v) is 39.8. The van der Waals surface area contributed by atoms with Gasteiger partial charge in [-0.3, -0.25) is 37.5 Å². The van der Waals surface area contributed by atoms with Crippen molar-refractivity contribution in [2.24, 2.45) is 5.92 Å². The van der Waals surface area contributed by atoms with Gasteiger partial charge in [-0.1, -0.05) is 201 Å². The van der Waals surface area contributed by atoms with E-state index in [0.717, 1.165) is 52.6 Å². The summed E-state index contributed by atoms with van der Waals surface area (Å²) in [5.74, 6) is -2.83. The van der Waals surface area contributed by atoms with Crippen molar-refractivity contribution in [2.75, 3.05) is 59.8 Å². The molecule has 2 aliphatic heterocycles. The van der Waals surface area contributed by atoms with Gasteiger partial charge in [-0.15, -0.1) is 0 Å². The number of phosphoric ester groups is 1. The lowest BCUT2D eigenvalue weighted by Crippen LogP contribution is -2.68. The topological polar surface area (TPSA) is 393 Å². The SMILES string of the molecule is CCCCCCCCCCCCCCCCCC(=O)OC[C@H](COP(=O)(OC)OCCNC(=O)CCCCC(=O)NCCCO[C@@H]1OC(CO)[C@H](O)[C@H](O[C@H]2OC(CO)[C@H](O)[C@H](O)C2NC(C)=O)C1O[C@@H]1CC(C)[C@@H](O)[C@H](O)C1O)OC(=O)CCCCCCCCCCCCCCCCC. The maximum absolute atomic E-state index is 13.5. The summed E-state index contributed by atoms with van der Waals surface area (Å²) in [6.07, 6.45) is 16.3. The molecule has 28 heteroatoms. The average Bonchev–Trinajstić information content (AvgIpc) is 0.774. The van der Waals surface area contributed by atoms with Crippen molar-refractivity contribution in [3.05, 3.63) is 0 Å². The Kier molecular flexibility index (Phi) is 50.5. The van der Waals surface area contributed by atoms with E-state index in [-0.39, 0.29) is 83.2 Å². The van der Waals surface area contributed by atoms with Crippen LogP contribution in [0.25, 0.3) is 0 Å². The number of hydrogen-bond acceptors (Lipinski definition) is 24. The van der Waals surface area contributed by atoms with E-state index in [2.05, 4.69) is 29.8 Å². The van der Waals surface area contributed by atoms with Crippen LogP contribution in [0.4, 0.5) is 0 Å². The zero-order valence-electron chi connectivity index (χ0n) is 61.3. The molecule has 1 aliphatic carbocycles. The Morgan fingerprint density at radius 2 is 0.950 bits per heavy atom. The predicted molar refractivity (Wildman–Crippen MR) is 374 cm³/mol. The van der Waals surface area contributed by atoms with Crippen LogP contribution in [-0.2, 0) is 75.3 Å². The molecule has 3 amide bonds. The summed E-state index contributed by atoms with van der Waals surface area (Å²) >= 11 is 0. The van der Waals surface area contributed by atoms with Gasteiger partial charge in [-0.05, 0) is 44.4 Å². The number of carbonyl (C=O) groups excluding carboxylic acids is 5. The maximum atomic E-state index is 13.5. The van der Waals surface area contributed by atoms with Crippen molar-refractivity contribution >= 4 is 37.5 Å². The molecule has 0 aromatic carbocycles. The number of aliphatic hydroxyl groups excluding tert-OH is 8. The molecule has 0 radical (unpaired) electrons. The predicted octanol–water partition coefficient (Wildman–Crippen LogP) is 8.23. The lowest BCUT2D eigenvalue weighted by atomic mass is 9.81. The van der Waals surface area contributed by atoms with E-state index >= 15 is 0 Å². The first kappa shape index (κ1) is 91.2. The summed E-state index contributed by atoms with van der Waals surface area (Å²) in [5.41, 5.74) is 0. The average molecular weight is 1460 g/mol. The highest BCUT2D eigenvalue weighted by molar-refractivity contribution is 7.48. The van der Waals surface area contributed by atoms with Crippen LogP contribution >= 0.6 is 7.82 Å². The molecule has 2 saturated heterocycles. The number of esters is 2. The molecule has 586 valence electrons. The van der Waals surface area contributed by atoms with Gasteiger partial charge >= 0.3 is 19.8 Å². The van der Waals surface area contributed by atoms with Gasteiger partial charge in [0.15, 0.2) is 18.7 Å². The zero-order valence-corrected chi connectivity index (χ0v) is 62.2. The first-order valence-electron chi connectivity index (χ1n) is 38.4. The van der Waals surface area contributed by atoms with E-state index < -0.39 is 143 Å².